The third-order valence-electron chi connectivity index (χ3n) is 3.19. The van der Waals surface area contributed by atoms with Crippen LogP contribution in [0.3, 0.4) is 0 Å². The zero-order valence-corrected chi connectivity index (χ0v) is 10.5. The number of oxazole rings is 1. The Labute approximate surface area is 106 Å². The fraction of sp³-hybridized carbons (Fsp3) is 0.667. The van der Waals surface area contributed by atoms with Gasteiger partial charge in [-0.3, -0.25) is 4.90 Å². The molecule has 2 rings (SSSR count). The van der Waals surface area contributed by atoms with Crippen molar-refractivity contribution in [2.24, 2.45) is 0 Å². The third-order valence-corrected chi connectivity index (χ3v) is 3.19. The van der Waals surface area contributed by atoms with E-state index in [1.807, 2.05) is 6.92 Å². The summed E-state index contributed by atoms with van der Waals surface area (Å²) in [6.07, 6.45) is 3.26. The van der Waals surface area contributed by atoms with Gasteiger partial charge in [0.1, 0.15) is 12.4 Å². The zero-order chi connectivity index (χ0) is 13.0. The number of carbonyl (C=O) groups is 1. The van der Waals surface area contributed by atoms with E-state index >= 15 is 0 Å². The first kappa shape index (κ1) is 13.0. The number of aryl methyl sites for hydroxylation is 1. The number of hydrogen-bond donors (Lipinski definition) is 1. The Balaban J connectivity index is 1.73. The molecular weight excluding hydrogens is 236 g/mol. The van der Waals surface area contributed by atoms with Gasteiger partial charge in [-0.1, -0.05) is 0 Å². The highest BCUT2D eigenvalue weighted by Gasteiger charge is 2.21. The second kappa shape index (κ2) is 5.97. The molecule has 0 atom stereocenters. The molecule has 1 aliphatic heterocycles. The maximum Gasteiger partial charge on any atom is 0.329 e. The lowest BCUT2D eigenvalue weighted by Gasteiger charge is -2.31. The molecule has 0 aromatic carbocycles. The van der Waals surface area contributed by atoms with Gasteiger partial charge in [-0.2, -0.15) is 0 Å². The third kappa shape index (κ3) is 3.54. The van der Waals surface area contributed by atoms with Crippen molar-refractivity contribution in [2.75, 3.05) is 19.7 Å². The SMILES string of the molecule is Cc1ocnc1CN1CCC(OCC(=O)O)CC1. The van der Waals surface area contributed by atoms with Crippen molar-refractivity contribution in [3.8, 4) is 0 Å². The standard InChI is InChI=1S/C12H18N2O4/c1-9-11(13-8-18-9)6-14-4-2-10(3-5-14)17-7-12(15)16/h8,10H,2-7H2,1H3,(H,15,16). The van der Waals surface area contributed by atoms with Crippen molar-refractivity contribution >= 4 is 5.97 Å². The van der Waals surface area contributed by atoms with Crippen LogP contribution >= 0.6 is 0 Å². The molecule has 6 heteroatoms. The molecule has 100 valence electrons. The van der Waals surface area contributed by atoms with E-state index in [1.54, 1.807) is 0 Å². The predicted molar refractivity (Wildman–Crippen MR) is 63.1 cm³/mol. The Hall–Kier alpha value is -1.40. The number of aromatic nitrogens is 1. The molecule has 1 aliphatic rings. The fourth-order valence-corrected chi connectivity index (χ4v) is 2.12. The lowest BCUT2D eigenvalue weighted by atomic mass is 10.1. The van der Waals surface area contributed by atoms with Crippen molar-refractivity contribution in [1.29, 1.82) is 0 Å². The van der Waals surface area contributed by atoms with Crippen LogP contribution in [0.15, 0.2) is 10.8 Å². The molecule has 1 saturated heterocycles. The van der Waals surface area contributed by atoms with E-state index in [2.05, 4.69) is 9.88 Å². The van der Waals surface area contributed by atoms with E-state index in [4.69, 9.17) is 14.3 Å². The second-order valence-electron chi connectivity index (χ2n) is 4.54. The number of hydrogen-bond acceptors (Lipinski definition) is 5. The summed E-state index contributed by atoms with van der Waals surface area (Å²) in [6.45, 7) is 4.29. The van der Waals surface area contributed by atoms with Crippen LogP contribution in [0.1, 0.15) is 24.3 Å². The molecule has 1 aromatic heterocycles. The molecular formula is C12H18N2O4. The Bertz CT molecular complexity index is 397. The van der Waals surface area contributed by atoms with Crippen LogP contribution in [0.4, 0.5) is 0 Å². The highest BCUT2D eigenvalue weighted by molar-refractivity contribution is 5.68. The fourth-order valence-electron chi connectivity index (χ4n) is 2.12. The maximum atomic E-state index is 10.4. The van der Waals surface area contributed by atoms with Gasteiger partial charge < -0.3 is 14.3 Å². The summed E-state index contributed by atoms with van der Waals surface area (Å²) in [7, 11) is 0. The number of rotatable bonds is 5. The highest BCUT2D eigenvalue weighted by Crippen LogP contribution is 2.17. The van der Waals surface area contributed by atoms with Gasteiger partial charge in [-0.25, -0.2) is 9.78 Å². The first-order chi connectivity index (χ1) is 8.65. The number of aliphatic carboxylic acids is 1. The van der Waals surface area contributed by atoms with Crippen LogP contribution in [-0.4, -0.2) is 46.8 Å². The molecule has 18 heavy (non-hydrogen) atoms. The average molecular weight is 254 g/mol. The van der Waals surface area contributed by atoms with Crippen LogP contribution in [0.5, 0.6) is 0 Å². The van der Waals surface area contributed by atoms with Gasteiger partial charge in [0, 0.05) is 19.6 Å². The van der Waals surface area contributed by atoms with E-state index in [9.17, 15) is 4.79 Å². The summed E-state index contributed by atoms with van der Waals surface area (Å²) < 4.78 is 10.5. The second-order valence-corrected chi connectivity index (χ2v) is 4.54. The summed E-state index contributed by atoms with van der Waals surface area (Å²) in [4.78, 5) is 16.9. The van der Waals surface area contributed by atoms with Gasteiger partial charge in [0.25, 0.3) is 0 Å². The first-order valence-electron chi connectivity index (χ1n) is 6.10. The molecule has 1 fully saturated rings. The molecule has 0 aliphatic carbocycles. The topological polar surface area (TPSA) is 75.8 Å². The van der Waals surface area contributed by atoms with Gasteiger partial charge in [0.05, 0.1) is 11.8 Å². The van der Waals surface area contributed by atoms with Gasteiger partial charge in [-0.15, -0.1) is 0 Å². The Morgan fingerprint density at radius 1 is 1.61 bits per heavy atom. The minimum absolute atomic E-state index is 0.0655. The Morgan fingerprint density at radius 3 is 2.89 bits per heavy atom. The smallest absolute Gasteiger partial charge is 0.329 e. The average Bonchev–Trinajstić information content (AvgIpc) is 2.74. The van der Waals surface area contributed by atoms with Crippen molar-refractivity contribution < 1.29 is 19.1 Å². The Morgan fingerprint density at radius 2 is 2.33 bits per heavy atom. The lowest BCUT2D eigenvalue weighted by molar-refractivity contribution is -0.145. The molecule has 0 unspecified atom stereocenters. The van der Waals surface area contributed by atoms with Crippen LogP contribution in [-0.2, 0) is 16.1 Å². The molecule has 0 spiro atoms. The van der Waals surface area contributed by atoms with E-state index in [1.165, 1.54) is 6.39 Å². The number of carboxylic acids is 1. The van der Waals surface area contributed by atoms with Crippen molar-refractivity contribution in [1.82, 2.24) is 9.88 Å². The molecule has 0 radical (unpaired) electrons. The summed E-state index contributed by atoms with van der Waals surface area (Å²) in [6, 6.07) is 0. The molecule has 6 nitrogen and oxygen atoms in total. The van der Waals surface area contributed by atoms with E-state index in [-0.39, 0.29) is 12.7 Å². The zero-order valence-electron chi connectivity index (χ0n) is 10.5. The van der Waals surface area contributed by atoms with Crippen molar-refractivity contribution in [2.45, 2.75) is 32.4 Å². The monoisotopic (exact) mass is 254 g/mol. The summed E-state index contributed by atoms with van der Waals surface area (Å²) in [5.74, 6) is -0.0464. The lowest BCUT2D eigenvalue weighted by Crippen LogP contribution is -2.37. The maximum absolute atomic E-state index is 10.4. The van der Waals surface area contributed by atoms with Crippen molar-refractivity contribution in [3.63, 3.8) is 0 Å². The van der Waals surface area contributed by atoms with E-state index < -0.39 is 5.97 Å². The minimum atomic E-state index is -0.907. The van der Waals surface area contributed by atoms with Crippen LogP contribution in [0.25, 0.3) is 0 Å². The number of likely N-dealkylation sites (tertiary alicyclic amines) is 1. The summed E-state index contributed by atoms with van der Waals surface area (Å²) in [5, 5.41) is 8.54. The van der Waals surface area contributed by atoms with Gasteiger partial charge in [0.15, 0.2) is 6.39 Å². The van der Waals surface area contributed by atoms with Gasteiger partial charge in [0.2, 0.25) is 0 Å². The molecule has 0 amide bonds. The van der Waals surface area contributed by atoms with Gasteiger partial charge in [-0.05, 0) is 19.8 Å². The number of nitrogens with zero attached hydrogens (tertiary/aromatic N) is 2. The summed E-state index contributed by atoms with van der Waals surface area (Å²) in [5.41, 5.74) is 0.972. The van der Waals surface area contributed by atoms with Crippen LogP contribution < -0.4 is 0 Å². The summed E-state index contributed by atoms with van der Waals surface area (Å²) >= 11 is 0. The van der Waals surface area contributed by atoms with Crippen LogP contribution in [0.2, 0.25) is 0 Å². The largest absolute Gasteiger partial charge is 0.480 e. The molecule has 1 N–H and O–H groups in total. The molecule has 0 bridgehead atoms. The molecule has 0 saturated carbocycles. The number of carboxylic acid groups (broad SMARTS) is 1. The molecule has 2 heterocycles. The van der Waals surface area contributed by atoms with Crippen LogP contribution in [0, 0.1) is 6.92 Å². The highest BCUT2D eigenvalue weighted by atomic mass is 16.5. The Kier molecular flexibility index (Phi) is 4.33. The van der Waals surface area contributed by atoms with Gasteiger partial charge >= 0.3 is 5.97 Å². The van der Waals surface area contributed by atoms with Crippen molar-refractivity contribution in [3.05, 3.63) is 17.8 Å². The number of ether oxygens (including phenoxy) is 1. The van der Waals surface area contributed by atoms with E-state index in [0.29, 0.717) is 0 Å². The van der Waals surface area contributed by atoms with E-state index in [0.717, 1.165) is 43.9 Å². The normalized spacial score (nSPS) is 18.1. The minimum Gasteiger partial charge on any atom is -0.480 e. The predicted octanol–water partition coefficient (Wildman–Crippen LogP) is 1.05. The quantitative estimate of drug-likeness (QED) is 0.846. The first-order valence-corrected chi connectivity index (χ1v) is 6.10. The molecule has 1 aromatic rings. The number of piperidine rings is 1.